The highest BCUT2D eigenvalue weighted by Gasteiger charge is 2.27. The van der Waals surface area contributed by atoms with E-state index in [1.54, 1.807) is 0 Å². The minimum atomic E-state index is -0.624. The van der Waals surface area contributed by atoms with E-state index >= 15 is 0 Å². The first-order valence-electron chi connectivity index (χ1n) is 5.92. The lowest BCUT2D eigenvalue weighted by atomic mass is 9.85. The molecule has 0 aromatic carbocycles. The summed E-state index contributed by atoms with van der Waals surface area (Å²) in [5.41, 5.74) is 0. The minimum absolute atomic E-state index is 0.105. The van der Waals surface area contributed by atoms with Crippen molar-refractivity contribution in [3.05, 3.63) is 0 Å². The van der Waals surface area contributed by atoms with Crippen LogP contribution in [0, 0.1) is 5.92 Å². The molecule has 0 aliphatic heterocycles. The first kappa shape index (κ1) is 14.4. The average molecular weight is 215 g/mol. The van der Waals surface area contributed by atoms with Gasteiger partial charge in [-0.25, -0.2) is 0 Å². The number of hydrogen-bond donors (Lipinski definition) is 1. The Hall–Kier alpha value is -0.570. The lowest BCUT2D eigenvalue weighted by Crippen LogP contribution is -2.35. The Morgan fingerprint density at radius 2 is 1.87 bits per heavy atom. The fourth-order valence-electron chi connectivity index (χ4n) is 1.86. The van der Waals surface area contributed by atoms with E-state index in [0.29, 0.717) is 6.04 Å². The summed E-state index contributed by atoms with van der Waals surface area (Å²) >= 11 is 0. The van der Waals surface area contributed by atoms with E-state index in [1.807, 2.05) is 14.1 Å². The molecule has 0 aromatic rings. The molecule has 0 saturated heterocycles. The Labute approximate surface area is 93.5 Å². The molecule has 90 valence electrons. The van der Waals surface area contributed by atoms with E-state index in [4.69, 9.17) is 5.11 Å². The molecule has 0 heterocycles. The molecule has 1 aliphatic carbocycles. The number of nitrogens with zero attached hydrogens (tertiary/aromatic N) is 1. The summed E-state index contributed by atoms with van der Waals surface area (Å²) in [6.07, 6.45) is 5.14. The van der Waals surface area contributed by atoms with Gasteiger partial charge in [0.2, 0.25) is 0 Å². The van der Waals surface area contributed by atoms with Crippen molar-refractivity contribution < 1.29 is 9.90 Å². The molecule has 3 nitrogen and oxygen atoms in total. The third-order valence-corrected chi connectivity index (χ3v) is 2.73. The van der Waals surface area contributed by atoms with E-state index in [9.17, 15) is 4.79 Å². The second kappa shape index (κ2) is 7.69. The molecular weight excluding hydrogens is 190 g/mol. The van der Waals surface area contributed by atoms with Gasteiger partial charge < -0.3 is 10.0 Å². The maximum absolute atomic E-state index is 10.7. The quantitative estimate of drug-likeness (QED) is 0.769. The van der Waals surface area contributed by atoms with E-state index in [1.165, 1.54) is 6.42 Å². The second-order valence-electron chi connectivity index (χ2n) is 4.53. The van der Waals surface area contributed by atoms with Gasteiger partial charge in [0, 0.05) is 6.04 Å². The summed E-state index contributed by atoms with van der Waals surface area (Å²) in [7, 11) is 4.05. The fourth-order valence-corrected chi connectivity index (χ4v) is 1.86. The molecule has 1 rings (SSSR count). The third-order valence-electron chi connectivity index (χ3n) is 2.73. The van der Waals surface area contributed by atoms with Crippen LogP contribution in [0.25, 0.3) is 0 Å². The molecule has 2 atom stereocenters. The lowest BCUT2D eigenvalue weighted by molar-refractivity contribution is -0.143. The van der Waals surface area contributed by atoms with Crippen molar-refractivity contribution >= 4 is 5.97 Å². The molecule has 3 heteroatoms. The SMILES string of the molecule is CCC.CN(C)C1CCCC(C(=O)O)C1. The summed E-state index contributed by atoms with van der Waals surface area (Å²) in [6, 6.07) is 0.472. The molecular formula is C12H25NO2. The maximum Gasteiger partial charge on any atom is 0.306 e. The third kappa shape index (κ3) is 5.78. The van der Waals surface area contributed by atoms with Gasteiger partial charge in [0.1, 0.15) is 0 Å². The molecule has 1 N–H and O–H groups in total. The molecule has 1 saturated carbocycles. The van der Waals surface area contributed by atoms with E-state index in [0.717, 1.165) is 25.7 Å². The smallest absolute Gasteiger partial charge is 0.306 e. The highest BCUT2D eigenvalue weighted by molar-refractivity contribution is 5.70. The Kier molecular flexibility index (Phi) is 7.39. The summed E-state index contributed by atoms with van der Waals surface area (Å²) in [4.78, 5) is 12.8. The zero-order chi connectivity index (χ0) is 11.8. The van der Waals surface area contributed by atoms with Crippen molar-refractivity contribution in [1.82, 2.24) is 4.90 Å². The Morgan fingerprint density at radius 1 is 1.33 bits per heavy atom. The van der Waals surface area contributed by atoms with Gasteiger partial charge in [-0.2, -0.15) is 0 Å². The van der Waals surface area contributed by atoms with Crippen molar-refractivity contribution in [1.29, 1.82) is 0 Å². The number of aliphatic carboxylic acids is 1. The second-order valence-corrected chi connectivity index (χ2v) is 4.53. The molecule has 0 amide bonds. The predicted molar refractivity (Wildman–Crippen MR) is 63.0 cm³/mol. The van der Waals surface area contributed by atoms with Crippen LogP contribution in [0.3, 0.4) is 0 Å². The van der Waals surface area contributed by atoms with Crippen LogP contribution in [0.4, 0.5) is 0 Å². The number of carboxylic acids is 1. The Bertz CT molecular complexity index is 180. The molecule has 1 fully saturated rings. The van der Waals surface area contributed by atoms with Gasteiger partial charge in [0.25, 0.3) is 0 Å². The highest BCUT2D eigenvalue weighted by Crippen LogP contribution is 2.26. The van der Waals surface area contributed by atoms with Gasteiger partial charge >= 0.3 is 5.97 Å². The topological polar surface area (TPSA) is 40.5 Å². The Balaban J connectivity index is 0.000000583. The first-order chi connectivity index (χ1) is 7.02. The summed E-state index contributed by atoms with van der Waals surface area (Å²) in [6.45, 7) is 4.25. The zero-order valence-corrected chi connectivity index (χ0v) is 10.5. The van der Waals surface area contributed by atoms with Gasteiger partial charge in [-0.3, -0.25) is 4.79 Å². The molecule has 0 radical (unpaired) electrons. The average Bonchev–Trinajstić information content (AvgIpc) is 2.19. The Morgan fingerprint density at radius 3 is 2.27 bits per heavy atom. The van der Waals surface area contributed by atoms with Crippen molar-refractivity contribution in [2.24, 2.45) is 5.92 Å². The van der Waals surface area contributed by atoms with Gasteiger partial charge in [0.15, 0.2) is 0 Å². The predicted octanol–water partition coefficient (Wildman–Crippen LogP) is 2.61. The van der Waals surface area contributed by atoms with Crippen molar-refractivity contribution in [3.63, 3.8) is 0 Å². The normalized spacial score (nSPS) is 25.7. The van der Waals surface area contributed by atoms with E-state index in [2.05, 4.69) is 18.7 Å². The van der Waals surface area contributed by atoms with Crippen LogP contribution in [0.2, 0.25) is 0 Å². The van der Waals surface area contributed by atoms with Crippen LogP contribution in [-0.2, 0) is 4.79 Å². The maximum atomic E-state index is 10.7. The lowest BCUT2D eigenvalue weighted by Gasteiger charge is -2.31. The summed E-state index contributed by atoms with van der Waals surface area (Å²) in [5.74, 6) is -0.729. The molecule has 1 aliphatic rings. The number of rotatable bonds is 2. The fraction of sp³-hybridized carbons (Fsp3) is 0.917. The zero-order valence-electron chi connectivity index (χ0n) is 10.5. The monoisotopic (exact) mass is 215 g/mol. The number of hydrogen-bond acceptors (Lipinski definition) is 2. The van der Waals surface area contributed by atoms with Gasteiger partial charge in [-0.05, 0) is 33.4 Å². The largest absolute Gasteiger partial charge is 0.481 e. The van der Waals surface area contributed by atoms with Crippen molar-refractivity contribution in [2.45, 2.75) is 52.0 Å². The minimum Gasteiger partial charge on any atom is -0.481 e. The summed E-state index contributed by atoms with van der Waals surface area (Å²) in [5, 5.41) is 8.82. The standard InChI is InChI=1S/C9H17NO2.C3H8/c1-10(2)8-5-3-4-7(6-8)9(11)12;1-3-2/h7-8H,3-6H2,1-2H3,(H,11,12);3H2,1-2H3. The van der Waals surface area contributed by atoms with E-state index in [-0.39, 0.29) is 5.92 Å². The number of carboxylic acid groups (broad SMARTS) is 1. The van der Waals surface area contributed by atoms with Crippen LogP contribution in [0.1, 0.15) is 46.0 Å². The van der Waals surface area contributed by atoms with Crippen LogP contribution in [0.5, 0.6) is 0 Å². The summed E-state index contributed by atoms with van der Waals surface area (Å²) < 4.78 is 0. The molecule has 15 heavy (non-hydrogen) atoms. The van der Waals surface area contributed by atoms with Crippen LogP contribution in [0.15, 0.2) is 0 Å². The first-order valence-corrected chi connectivity index (χ1v) is 5.92. The van der Waals surface area contributed by atoms with Crippen molar-refractivity contribution in [3.8, 4) is 0 Å². The number of carbonyl (C=O) groups is 1. The van der Waals surface area contributed by atoms with Crippen LogP contribution < -0.4 is 0 Å². The van der Waals surface area contributed by atoms with E-state index < -0.39 is 5.97 Å². The molecule has 0 aromatic heterocycles. The van der Waals surface area contributed by atoms with Crippen LogP contribution in [-0.4, -0.2) is 36.1 Å². The van der Waals surface area contributed by atoms with Crippen LogP contribution >= 0.6 is 0 Å². The highest BCUT2D eigenvalue weighted by atomic mass is 16.4. The van der Waals surface area contributed by atoms with Gasteiger partial charge in [-0.1, -0.05) is 26.7 Å². The van der Waals surface area contributed by atoms with Gasteiger partial charge in [0.05, 0.1) is 5.92 Å². The van der Waals surface area contributed by atoms with Crippen molar-refractivity contribution in [2.75, 3.05) is 14.1 Å². The van der Waals surface area contributed by atoms with Gasteiger partial charge in [-0.15, -0.1) is 0 Å². The molecule has 0 bridgehead atoms. The molecule has 2 unspecified atom stereocenters. The molecule has 0 spiro atoms.